The molecule has 0 radical (unpaired) electrons. The molecule has 4 fully saturated rings. The van der Waals surface area contributed by atoms with E-state index >= 15 is 0 Å². The van der Waals surface area contributed by atoms with Gasteiger partial charge in [0, 0.05) is 25.3 Å². The maximum atomic E-state index is 12.0. The van der Waals surface area contributed by atoms with E-state index in [9.17, 15) is 4.79 Å². The number of nitrogens with zero attached hydrogens (tertiary/aromatic N) is 1. The Balaban J connectivity index is 1.80. The summed E-state index contributed by atoms with van der Waals surface area (Å²) < 4.78 is 0.00870. The van der Waals surface area contributed by atoms with Gasteiger partial charge < -0.3 is 4.90 Å². The van der Waals surface area contributed by atoms with Crippen LogP contribution in [0.1, 0.15) is 38.5 Å². The second kappa shape index (κ2) is 3.91. The summed E-state index contributed by atoms with van der Waals surface area (Å²) in [5.74, 6) is 3.56. The van der Waals surface area contributed by atoms with Crippen molar-refractivity contribution in [2.45, 2.75) is 43.3 Å². The lowest BCUT2D eigenvalue weighted by Gasteiger charge is -2.59. The summed E-state index contributed by atoms with van der Waals surface area (Å²) in [6.07, 6.45) is 7.43. The molecule has 3 heteroatoms. The van der Waals surface area contributed by atoms with Crippen molar-refractivity contribution in [2.75, 3.05) is 14.1 Å². The van der Waals surface area contributed by atoms with Gasteiger partial charge in [-0.25, -0.2) is 0 Å². The highest BCUT2D eigenvalue weighted by Gasteiger charge is 2.56. The number of rotatable bonds is 2. The van der Waals surface area contributed by atoms with Crippen molar-refractivity contribution in [1.29, 1.82) is 0 Å². The summed E-state index contributed by atoms with van der Waals surface area (Å²) in [7, 11) is 3.71. The van der Waals surface area contributed by atoms with Gasteiger partial charge in [0.05, 0.1) is 0 Å². The first-order chi connectivity index (χ1) is 7.99. The Labute approximate surface area is 110 Å². The number of amides is 1. The second-order valence-corrected chi connectivity index (χ2v) is 7.59. The summed E-state index contributed by atoms with van der Waals surface area (Å²) in [5.41, 5.74) is 0. The maximum absolute atomic E-state index is 12.0. The molecule has 1 amide bonds. The monoisotopic (exact) mass is 253 g/mol. The lowest BCUT2D eigenvalue weighted by molar-refractivity contribution is -0.132. The molecular formula is C14H23NOS. The Morgan fingerprint density at radius 3 is 2.00 bits per heavy atom. The summed E-state index contributed by atoms with van der Waals surface area (Å²) in [6.45, 7) is 0. The molecule has 0 heterocycles. The highest BCUT2D eigenvalue weighted by atomic mass is 32.1. The Bertz CT molecular complexity index is 311. The topological polar surface area (TPSA) is 20.3 Å². The van der Waals surface area contributed by atoms with Crippen LogP contribution in [-0.4, -0.2) is 29.6 Å². The fourth-order valence-electron chi connectivity index (χ4n) is 4.69. The fourth-order valence-corrected chi connectivity index (χ4v) is 5.25. The third kappa shape index (κ3) is 1.81. The minimum absolute atomic E-state index is 0.00870. The van der Waals surface area contributed by atoms with Crippen LogP contribution >= 0.6 is 12.6 Å². The van der Waals surface area contributed by atoms with Crippen LogP contribution < -0.4 is 0 Å². The molecule has 96 valence electrons. The van der Waals surface area contributed by atoms with Gasteiger partial charge >= 0.3 is 0 Å². The summed E-state index contributed by atoms with van der Waals surface area (Å²) >= 11 is 5.02. The molecule has 0 unspecified atom stereocenters. The molecule has 0 N–H and O–H groups in total. The molecule has 0 atom stereocenters. The molecule has 0 aromatic heterocycles. The van der Waals surface area contributed by atoms with Crippen LogP contribution in [0.3, 0.4) is 0 Å². The van der Waals surface area contributed by atoms with E-state index in [1.165, 1.54) is 32.1 Å². The van der Waals surface area contributed by atoms with Gasteiger partial charge in [0.25, 0.3) is 0 Å². The molecule has 2 nitrogen and oxygen atoms in total. The smallest absolute Gasteiger partial charge is 0.223 e. The van der Waals surface area contributed by atoms with Gasteiger partial charge in [0.2, 0.25) is 5.91 Å². The molecule has 4 rings (SSSR count). The molecule has 0 aromatic carbocycles. The summed E-state index contributed by atoms with van der Waals surface area (Å²) in [5, 5.41) is 0. The van der Waals surface area contributed by atoms with E-state index in [1.54, 1.807) is 4.90 Å². The van der Waals surface area contributed by atoms with Crippen LogP contribution in [0, 0.1) is 23.7 Å². The van der Waals surface area contributed by atoms with Crippen molar-refractivity contribution in [3.05, 3.63) is 0 Å². The van der Waals surface area contributed by atoms with Crippen molar-refractivity contribution < 1.29 is 4.79 Å². The Morgan fingerprint density at radius 2 is 1.59 bits per heavy atom. The predicted octanol–water partition coefficient (Wildman–Crippen LogP) is 2.59. The van der Waals surface area contributed by atoms with E-state index in [0.717, 1.165) is 11.8 Å². The largest absolute Gasteiger partial charge is 0.349 e. The van der Waals surface area contributed by atoms with Crippen molar-refractivity contribution in [3.63, 3.8) is 0 Å². The molecule has 4 bridgehead atoms. The van der Waals surface area contributed by atoms with Gasteiger partial charge in [-0.1, -0.05) is 0 Å². The zero-order valence-corrected chi connectivity index (χ0v) is 11.7. The number of hydrogen-bond donors (Lipinski definition) is 1. The average molecular weight is 253 g/mol. The maximum Gasteiger partial charge on any atom is 0.223 e. The number of carbonyl (C=O) groups excluding carboxylic acids is 1. The van der Waals surface area contributed by atoms with Gasteiger partial charge in [-0.3, -0.25) is 4.79 Å². The van der Waals surface area contributed by atoms with Crippen LogP contribution in [0.5, 0.6) is 0 Å². The first kappa shape index (κ1) is 11.9. The number of carbonyl (C=O) groups is 1. The zero-order chi connectivity index (χ0) is 12.2. The third-order valence-corrected chi connectivity index (χ3v) is 6.37. The van der Waals surface area contributed by atoms with E-state index in [1.807, 2.05) is 14.1 Å². The first-order valence-electron chi connectivity index (χ1n) is 6.91. The van der Waals surface area contributed by atoms with Crippen LogP contribution in [0.25, 0.3) is 0 Å². The Hall–Kier alpha value is -0.180. The van der Waals surface area contributed by atoms with Crippen molar-refractivity contribution >= 4 is 18.5 Å². The van der Waals surface area contributed by atoms with Crippen molar-refractivity contribution in [3.8, 4) is 0 Å². The molecule has 4 aliphatic rings. The van der Waals surface area contributed by atoms with Crippen molar-refractivity contribution in [1.82, 2.24) is 4.90 Å². The molecule has 4 aliphatic carbocycles. The summed E-state index contributed by atoms with van der Waals surface area (Å²) in [4.78, 5) is 13.7. The van der Waals surface area contributed by atoms with Crippen LogP contribution in [0.2, 0.25) is 0 Å². The molecule has 0 saturated heterocycles. The van der Waals surface area contributed by atoms with Gasteiger partial charge in [-0.2, -0.15) is 12.6 Å². The molecule has 0 aromatic rings. The van der Waals surface area contributed by atoms with Crippen molar-refractivity contribution in [2.24, 2.45) is 23.7 Å². The summed E-state index contributed by atoms with van der Waals surface area (Å²) in [6, 6.07) is 0. The predicted molar refractivity (Wildman–Crippen MR) is 72.1 cm³/mol. The minimum Gasteiger partial charge on any atom is -0.349 e. The number of hydrogen-bond acceptors (Lipinski definition) is 2. The van der Waals surface area contributed by atoms with E-state index in [-0.39, 0.29) is 10.7 Å². The normalized spacial score (nSPS) is 47.2. The Kier molecular flexibility index (Phi) is 2.73. The minimum atomic E-state index is 0.00870. The van der Waals surface area contributed by atoms with Gasteiger partial charge in [-0.15, -0.1) is 0 Å². The van der Waals surface area contributed by atoms with Crippen LogP contribution in [-0.2, 0) is 4.79 Å². The van der Waals surface area contributed by atoms with E-state index in [4.69, 9.17) is 12.6 Å². The van der Waals surface area contributed by atoms with E-state index in [0.29, 0.717) is 18.3 Å². The van der Waals surface area contributed by atoms with E-state index in [2.05, 4.69) is 0 Å². The Morgan fingerprint density at radius 1 is 1.12 bits per heavy atom. The standard InChI is InChI=1S/C14H23NOS/c1-15(2)13(16)8-14(17)11-4-9-3-10(6-11)7-12(14)5-9/h9-12,17H,3-8H2,1-2H3. The lowest BCUT2D eigenvalue weighted by atomic mass is 9.50. The van der Waals surface area contributed by atoms with Gasteiger partial charge in [-0.05, 0) is 55.8 Å². The molecule has 17 heavy (non-hydrogen) atoms. The highest BCUT2D eigenvalue weighted by Crippen LogP contribution is 2.61. The quantitative estimate of drug-likeness (QED) is 0.750. The van der Waals surface area contributed by atoms with Crippen LogP contribution in [0.4, 0.5) is 0 Å². The SMILES string of the molecule is CN(C)C(=O)CC1(S)C2CC3CC(C2)CC1C3. The third-order valence-electron chi connectivity index (χ3n) is 5.49. The second-order valence-electron chi connectivity index (χ2n) is 6.76. The lowest BCUT2D eigenvalue weighted by Crippen LogP contribution is -2.56. The molecule has 0 spiro atoms. The fraction of sp³-hybridized carbons (Fsp3) is 0.929. The molecule has 0 aliphatic heterocycles. The molecular weight excluding hydrogens is 230 g/mol. The average Bonchev–Trinajstić information content (AvgIpc) is 2.25. The number of thiol groups is 1. The highest BCUT2D eigenvalue weighted by molar-refractivity contribution is 7.81. The van der Waals surface area contributed by atoms with Crippen LogP contribution in [0.15, 0.2) is 0 Å². The van der Waals surface area contributed by atoms with Gasteiger partial charge in [0.1, 0.15) is 0 Å². The zero-order valence-electron chi connectivity index (χ0n) is 10.9. The molecule has 4 saturated carbocycles. The van der Waals surface area contributed by atoms with Gasteiger partial charge in [0.15, 0.2) is 0 Å². The first-order valence-corrected chi connectivity index (χ1v) is 7.36. The van der Waals surface area contributed by atoms with E-state index < -0.39 is 0 Å².